The lowest BCUT2D eigenvalue weighted by Crippen LogP contribution is -2.15. The summed E-state index contributed by atoms with van der Waals surface area (Å²) in [5.41, 5.74) is 2.70. The van der Waals surface area contributed by atoms with Crippen LogP contribution in [0.5, 0.6) is 0 Å². The number of carbonyl (C=O) groups excluding carboxylic acids is 1. The first-order chi connectivity index (χ1) is 10.8. The van der Waals surface area contributed by atoms with Gasteiger partial charge in [0.25, 0.3) is 0 Å². The van der Waals surface area contributed by atoms with Crippen LogP contribution in [0, 0.1) is 11.3 Å². The van der Waals surface area contributed by atoms with Crippen molar-refractivity contribution in [1.82, 2.24) is 5.16 Å². The van der Waals surface area contributed by atoms with Crippen molar-refractivity contribution < 1.29 is 9.32 Å². The molecule has 7 heteroatoms. The van der Waals surface area contributed by atoms with Crippen molar-refractivity contribution in [3.63, 3.8) is 0 Å². The van der Waals surface area contributed by atoms with E-state index in [0.717, 1.165) is 0 Å². The topological polar surface area (TPSA) is 91.3 Å². The molecule has 0 fully saturated rings. The van der Waals surface area contributed by atoms with Gasteiger partial charge < -0.3 is 4.52 Å². The molecular formula is C16H15ClN4O2. The van der Waals surface area contributed by atoms with E-state index in [1.54, 1.807) is 30.3 Å². The smallest absolute Gasteiger partial charge is 0.245 e. The van der Waals surface area contributed by atoms with Gasteiger partial charge in [-0.15, -0.1) is 0 Å². The average Bonchev–Trinajstić information content (AvgIpc) is 2.99. The van der Waals surface area contributed by atoms with E-state index >= 15 is 0 Å². The van der Waals surface area contributed by atoms with Crippen molar-refractivity contribution in [2.75, 3.05) is 5.43 Å². The third kappa shape index (κ3) is 4.18. The van der Waals surface area contributed by atoms with E-state index in [1.807, 2.05) is 20.8 Å². The Kier molecular flexibility index (Phi) is 4.82. The Morgan fingerprint density at radius 2 is 2.00 bits per heavy atom. The van der Waals surface area contributed by atoms with Crippen LogP contribution in [0.3, 0.4) is 0 Å². The highest BCUT2D eigenvalue weighted by Gasteiger charge is 2.24. The van der Waals surface area contributed by atoms with E-state index in [2.05, 4.69) is 15.7 Å². The number of carbonyl (C=O) groups is 1. The van der Waals surface area contributed by atoms with Gasteiger partial charge in [-0.1, -0.05) is 37.5 Å². The minimum atomic E-state index is -0.604. The zero-order valence-electron chi connectivity index (χ0n) is 12.9. The molecule has 6 nitrogen and oxygen atoms in total. The number of hydrogen-bond donors (Lipinski definition) is 1. The standard InChI is InChI=1S/C16H15ClN4O2/c1-16(2,3)14-8-12(21-23-14)15(22)13(9-18)20-19-11-6-4-10(17)5-7-11/h4-8,19H,1-3H3. The first kappa shape index (κ1) is 16.7. The van der Waals surface area contributed by atoms with Crippen LogP contribution in [0.2, 0.25) is 5.02 Å². The molecule has 0 aliphatic rings. The lowest BCUT2D eigenvalue weighted by Gasteiger charge is -2.11. The summed E-state index contributed by atoms with van der Waals surface area (Å²) in [6, 6.07) is 9.98. The number of nitrogens with one attached hydrogen (secondary N) is 1. The van der Waals surface area contributed by atoms with E-state index in [-0.39, 0.29) is 16.8 Å². The van der Waals surface area contributed by atoms with Crippen molar-refractivity contribution in [2.24, 2.45) is 5.10 Å². The van der Waals surface area contributed by atoms with Crippen molar-refractivity contribution >= 4 is 28.8 Å². The Labute approximate surface area is 138 Å². The van der Waals surface area contributed by atoms with Gasteiger partial charge in [0.2, 0.25) is 11.5 Å². The first-order valence-corrected chi connectivity index (χ1v) is 7.20. The summed E-state index contributed by atoms with van der Waals surface area (Å²) < 4.78 is 5.15. The van der Waals surface area contributed by atoms with Crippen LogP contribution in [0.4, 0.5) is 5.69 Å². The Hall–Kier alpha value is -2.65. The monoisotopic (exact) mass is 330 g/mol. The predicted molar refractivity (Wildman–Crippen MR) is 87.7 cm³/mol. The molecule has 0 aliphatic carbocycles. The molecule has 1 aromatic carbocycles. The molecule has 0 saturated carbocycles. The molecule has 0 aliphatic heterocycles. The van der Waals surface area contributed by atoms with Gasteiger partial charge in [0.15, 0.2) is 5.69 Å². The number of hydrogen-bond acceptors (Lipinski definition) is 6. The number of ketones is 1. The maximum absolute atomic E-state index is 12.3. The molecule has 118 valence electrons. The molecule has 1 N–H and O–H groups in total. The maximum atomic E-state index is 12.3. The summed E-state index contributed by atoms with van der Waals surface area (Å²) in [6.07, 6.45) is 0. The van der Waals surface area contributed by atoms with E-state index < -0.39 is 5.78 Å². The SMILES string of the molecule is CC(C)(C)c1cc(C(=O)C(C#N)=NNc2ccc(Cl)cc2)no1. The van der Waals surface area contributed by atoms with Crippen molar-refractivity contribution in [2.45, 2.75) is 26.2 Å². The fourth-order valence-corrected chi connectivity index (χ4v) is 1.75. The van der Waals surface area contributed by atoms with Gasteiger partial charge >= 0.3 is 0 Å². The Bertz CT molecular complexity index is 780. The van der Waals surface area contributed by atoms with Crippen LogP contribution in [0.25, 0.3) is 0 Å². The second-order valence-corrected chi connectivity index (χ2v) is 6.28. The first-order valence-electron chi connectivity index (χ1n) is 6.82. The Morgan fingerprint density at radius 3 is 2.52 bits per heavy atom. The minimum absolute atomic E-state index is 0.0492. The number of nitrogens with zero attached hydrogens (tertiary/aromatic N) is 3. The van der Waals surface area contributed by atoms with Crippen LogP contribution in [-0.4, -0.2) is 16.7 Å². The number of rotatable bonds is 4. The molecular weight excluding hydrogens is 316 g/mol. The van der Waals surface area contributed by atoms with Crippen molar-refractivity contribution in [1.29, 1.82) is 5.26 Å². The molecule has 0 spiro atoms. The molecule has 0 radical (unpaired) electrons. The van der Waals surface area contributed by atoms with Gasteiger partial charge in [-0.2, -0.15) is 10.4 Å². The van der Waals surface area contributed by atoms with Crippen LogP contribution >= 0.6 is 11.6 Å². The lowest BCUT2D eigenvalue weighted by molar-refractivity contribution is 0.105. The summed E-state index contributed by atoms with van der Waals surface area (Å²) in [5, 5.41) is 17.2. The largest absolute Gasteiger partial charge is 0.360 e. The highest BCUT2D eigenvalue weighted by molar-refractivity contribution is 6.51. The minimum Gasteiger partial charge on any atom is -0.360 e. The van der Waals surface area contributed by atoms with Gasteiger partial charge in [0, 0.05) is 16.5 Å². The fourth-order valence-electron chi connectivity index (χ4n) is 1.63. The average molecular weight is 331 g/mol. The molecule has 0 unspecified atom stereocenters. The van der Waals surface area contributed by atoms with Crippen LogP contribution in [0.15, 0.2) is 40.0 Å². The second kappa shape index (κ2) is 6.63. The summed E-state index contributed by atoms with van der Waals surface area (Å²) in [6.45, 7) is 5.80. The molecule has 0 saturated heterocycles. The fraction of sp³-hybridized carbons (Fsp3) is 0.250. The second-order valence-electron chi connectivity index (χ2n) is 5.85. The van der Waals surface area contributed by atoms with Gasteiger partial charge in [0.1, 0.15) is 11.8 Å². The third-order valence-electron chi connectivity index (χ3n) is 2.94. The summed E-state index contributed by atoms with van der Waals surface area (Å²) in [7, 11) is 0. The Balaban J connectivity index is 2.18. The van der Waals surface area contributed by atoms with Crippen molar-refractivity contribution in [3.05, 3.63) is 46.8 Å². The normalized spacial score (nSPS) is 11.9. The van der Waals surface area contributed by atoms with E-state index in [9.17, 15) is 4.79 Å². The number of nitriles is 1. The third-order valence-corrected chi connectivity index (χ3v) is 3.20. The van der Waals surface area contributed by atoms with Gasteiger partial charge in [0.05, 0.1) is 5.69 Å². The number of anilines is 1. The van der Waals surface area contributed by atoms with E-state index in [4.69, 9.17) is 21.4 Å². The molecule has 23 heavy (non-hydrogen) atoms. The van der Waals surface area contributed by atoms with Crippen LogP contribution in [0.1, 0.15) is 37.0 Å². The number of benzene rings is 1. The molecule has 2 aromatic rings. The molecule has 0 amide bonds. The zero-order chi connectivity index (χ0) is 17.0. The number of halogens is 1. The molecule has 2 rings (SSSR count). The summed E-state index contributed by atoms with van der Waals surface area (Å²) in [5.74, 6) is -0.0444. The molecule has 0 bridgehead atoms. The highest BCUT2D eigenvalue weighted by atomic mass is 35.5. The van der Waals surface area contributed by atoms with Crippen LogP contribution < -0.4 is 5.43 Å². The lowest BCUT2D eigenvalue weighted by atomic mass is 9.93. The van der Waals surface area contributed by atoms with E-state index in [0.29, 0.717) is 16.5 Å². The zero-order valence-corrected chi connectivity index (χ0v) is 13.7. The number of aromatic nitrogens is 1. The highest BCUT2D eigenvalue weighted by Crippen LogP contribution is 2.23. The quantitative estimate of drug-likeness (QED) is 0.523. The predicted octanol–water partition coefficient (Wildman–Crippen LogP) is 3.80. The summed E-state index contributed by atoms with van der Waals surface area (Å²) in [4.78, 5) is 12.3. The van der Waals surface area contributed by atoms with Gasteiger partial charge in [-0.3, -0.25) is 10.2 Å². The van der Waals surface area contributed by atoms with Crippen LogP contribution in [-0.2, 0) is 5.41 Å². The molecule has 1 heterocycles. The molecule has 0 atom stereocenters. The Morgan fingerprint density at radius 1 is 1.35 bits per heavy atom. The maximum Gasteiger partial charge on any atom is 0.245 e. The van der Waals surface area contributed by atoms with E-state index in [1.165, 1.54) is 6.07 Å². The number of hydrazone groups is 1. The summed E-state index contributed by atoms with van der Waals surface area (Å²) >= 11 is 5.78. The van der Waals surface area contributed by atoms with Crippen molar-refractivity contribution in [3.8, 4) is 6.07 Å². The number of Topliss-reactive ketones (excluding diaryl/α,β-unsaturated/α-hetero) is 1. The van der Waals surface area contributed by atoms with Gasteiger partial charge in [-0.25, -0.2) is 0 Å². The van der Waals surface area contributed by atoms with Gasteiger partial charge in [-0.05, 0) is 24.3 Å². The molecule has 1 aromatic heterocycles.